The molecular weight excluding hydrogens is 254 g/mol. The highest BCUT2D eigenvalue weighted by Crippen LogP contribution is 2.29. The summed E-state index contributed by atoms with van der Waals surface area (Å²) >= 11 is 3.51. The van der Waals surface area contributed by atoms with Crippen LogP contribution in [0.1, 0.15) is 18.4 Å². The number of halogens is 1. The first-order valence-electron chi connectivity index (χ1n) is 5.00. The van der Waals surface area contributed by atoms with Crippen LogP contribution in [0.3, 0.4) is 0 Å². The summed E-state index contributed by atoms with van der Waals surface area (Å²) in [5.41, 5.74) is 7.52. The molecule has 0 spiro atoms. The SMILES string of the molecule is Cc1c(N)cnc(NC2CC=CC2)c1Br. The minimum Gasteiger partial charge on any atom is -0.397 e. The van der Waals surface area contributed by atoms with E-state index in [0.29, 0.717) is 6.04 Å². The standard InChI is InChI=1S/C11H14BrN3/c1-7-9(13)6-14-11(10(7)12)15-8-4-2-3-5-8/h2-3,6,8H,4-5,13H2,1H3,(H,14,15). The van der Waals surface area contributed by atoms with Gasteiger partial charge in [0.1, 0.15) is 5.82 Å². The van der Waals surface area contributed by atoms with Crippen molar-refractivity contribution in [1.29, 1.82) is 0 Å². The van der Waals surface area contributed by atoms with Gasteiger partial charge >= 0.3 is 0 Å². The average Bonchev–Trinajstić information content (AvgIpc) is 2.72. The number of anilines is 2. The molecule has 80 valence electrons. The fourth-order valence-electron chi connectivity index (χ4n) is 1.62. The van der Waals surface area contributed by atoms with Crippen LogP contribution in [0.4, 0.5) is 11.5 Å². The van der Waals surface area contributed by atoms with Gasteiger partial charge in [-0.25, -0.2) is 4.98 Å². The van der Waals surface area contributed by atoms with E-state index in [1.807, 2.05) is 6.92 Å². The Morgan fingerprint density at radius 3 is 2.80 bits per heavy atom. The molecule has 0 aliphatic heterocycles. The summed E-state index contributed by atoms with van der Waals surface area (Å²) in [6.07, 6.45) is 8.21. The molecule has 2 rings (SSSR count). The molecule has 3 nitrogen and oxygen atoms in total. The predicted octanol–water partition coefficient (Wildman–Crippen LogP) is 2.87. The summed E-state index contributed by atoms with van der Waals surface area (Å²) < 4.78 is 0.967. The number of pyridine rings is 1. The van der Waals surface area contributed by atoms with Gasteiger partial charge in [-0.15, -0.1) is 0 Å². The van der Waals surface area contributed by atoms with Crippen LogP contribution in [0.25, 0.3) is 0 Å². The Labute approximate surface area is 97.9 Å². The molecule has 3 N–H and O–H groups in total. The zero-order chi connectivity index (χ0) is 10.8. The highest BCUT2D eigenvalue weighted by atomic mass is 79.9. The van der Waals surface area contributed by atoms with Crippen LogP contribution in [0, 0.1) is 6.92 Å². The molecule has 4 heteroatoms. The fraction of sp³-hybridized carbons (Fsp3) is 0.364. The first-order valence-corrected chi connectivity index (χ1v) is 5.80. The van der Waals surface area contributed by atoms with Crippen molar-refractivity contribution in [1.82, 2.24) is 4.98 Å². The number of nitrogens with one attached hydrogen (secondary N) is 1. The number of nitrogens with zero attached hydrogens (tertiary/aromatic N) is 1. The lowest BCUT2D eigenvalue weighted by atomic mass is 10.2. The van der Waals surface area contributed by atoms with Crippen LogP contribution in [0.5, 0.6) is 0 Å². The number of aromatic nitrogens is 1. The van der Waals surface area contributed by atoms with E-state index >= 15 is 0 Å². The molecular formula is C11H14BrN3. The normalized spacial score (nSPS) is 15.9. The van der Waals surface area contributed by atoms with Crippen molar-refractivity contribution < 1.29 is 0 Å². The first kappa shape index (κ1) is 10.5. The lowest BCUT2D eigenvalue weighted by Gasteiger charge is -2.15. The quantitative estimate of drug-likeness (QED) is 0.811. The lowest BCUT2D eigenvalue weighted by molar-refractivity contribution is 0.780. The Morgan fingerprint density at radius 2 is 2.13 bits per heavy atom. The molecule has 0 aromatic carbocycles. The first-order chi connectivity index (χ1) is 7.18. The molecule has 0 unspecified atom stereocenters. The van der Waals surface area contributed by atoms with Crippen molar-refractivity contribution in [2.75, 3.05) is 11.1 Å². The van der Waals surface area contributed by atoms with E-state index in [9.17, 15) is 0 Å². The van der Waals surface area contributed by atoms with Gasteiger partial charge in [0.2, 0.25) is 0 Å². The Balaban J connectivity index is 2.18. The molecule has 1 aromatic rings. The number of nitrogens with two attached hydrogens (primary N) is 1. The summed E-state index contributed by atoms with van der Waals surface area (Å²) in [4.78, 5) is 4.29. The van der Waals surface area contributed by atoms with Gasteiger partial charge in [0, 0.05) is 6.04 Å². The van der Waals surface area contributed by atoms with Crippen molar-refractivity contribution in [2.24, 2.45) is 0 Å². The van der Waals surface area contributed by atoms with Gasteiger partial charge in [0.25, 0.3) is 0 Å². The van der Waals surface area contributed by atoms with Crippen LogP contribution in [0.15, 0.2) is 22.8 Å². The number of rotatable bonds is 2. The zero-order valence-electron chi connectivity index (χ0n) is 8.63. The van der Waals surface area contributed by atoms with E-state index in [2.05, 4.69) is 38.4 Å². The summed E-state index contributed by atoms with van der Waals surface area (Å²) in [5.74, 6) is 0.885. The number of nitrogen functional groups attached to an aromatic ring is 1. The zero-order valence-corrected chi connectivity index (χ0v) is 10.2. The Morgan fingerprint density at radius 1 is 1.47 bits per heavy atom. The third kappa shape index (κ3) is 2.15. The maximum Gasteiger partial charge on any atom is 0.140 e. The number of hydrogen-bond donors (Lipinski definition) is 2. The average molecular weight is 268 g/mol. The van der Waals surface area contributed by atoms with Crippen LogP contribution >= 0.6 is 15.9 Å². The molecule has 0 saturated heterocycles. The molecule has 15 heavy (non-hydrogen) atoms. The minimum atomic E-state index is 0.469. The molecule has 1 heterocycles. The summed E-state index contributed by atoms with van der Waals surface area (Å²) in [5, 5.41) is 3.40. The predicted molar refractivity (Wildman–Crippen MR) is 66.9 cm³/mol. The molecule has 1 aliphatic carbocycles. The van der Waals surface area contributed by atoms with E-state index in [1.165, 1.54) is 0 Å². The summed E-state index contributed by atoms with van der Waals surface area (Å²) in [7, 11) is 0. The van der Waals surface area contributed by atoms with Crippen molar-refractivity contribution >= 4 is 27.4 Å². The van der Waals surface area contributed by atoms with E-state index in [-0.39, 0.29) is 0 Å². The van der Waals surface area contributed by atoms with Gasteiger partial charge in [0.15, 0.2) is 0 Å². The third-order valence-electron chi connectivity index (χ3n) is 2.65. The third-order valence-corrected chi connectivity index (χ3v) is 3.62. The van der Waals surface area contributed by atoms with Crippen molar-refractivity contribution in [3.8, 4) is 0 Å². The van der Waals surface area contributed by atoms with Crippen molar-refractivity contribution in [3.05, 3.63) is 28.4 Å². The lowest BCUT2D eigenvalue weighted by Crippen LogP contribution is -2.16. The van der Waals surface area contributed by atoms with Gasteiger partial charge in [-0.3, -0.25) is 0 Å². The Kier molecular flexibility index (Phi) is 2.95. The van der Waals surface area contributed by atoms with E-state index in [4.69, 9.17) is 5.73 Å². The van der Waals surface area contributed by atoms with E-state index in [0.717, 1.165) is 34.4 Å². The molecule has 0 fully saturated rings. The molecule has 1 aromatic heterocycles. The largest absolute Gasteiger partial charge is 0.397 e. The highest BCUT2D eigenvalue weighted by Gasteiger charge is 2.13. The van der Waals surface area contributed by atoms with Crippen molar-refractivity contribution in [3.63, 3.8) is 0 Å². The number of hydrogen-bond acceptors (Lipinski definition) is 3. The Hall–Kier alpha value is -1.03. The van der Waals surface area contributed by atoms with Gasteiger partial charge < -0.3 is 11.1 Å². The highest BCUT2D eigenvalue weighted by molar-refractivity contribution is 9.10. The van der Waals surface area contributed by atoms with Crippen molar-refractivity contribution in [2.45, 2.75) is 25.8 Å². The maximum absolute atomic E-state index is 5.77. The van der Waals surface area contributed by atoms with Gasteiger partial charge in [-0.1, -0.05) is 12.2 Å². The summed E-state index contributed by atoms with van der Waals surface area (Å²) in [6.45, 7) is 1.99. The molecule has 0 atom stereocenters. The van der Waals surface area contributed by atoms with E-state index < -0.39 is 0 Å². The monoisotopic (exact) mass is 267 g/mol. The van der Waals surface area contributed by atoms with Crippen LogP contribution in [-0.2, 0) is 0 Å². The van der Waals surface area contributed by atoms with Gasteiger partial charge in [0.05, 0.1) is 16.4 Å². The smallest absolute Gasteiger partial charge is 0.140 e. The van der Waals surface area contributed by atoms with Crippen LogP contribution in [0.2, 0.25) is 0 Å². The fourth-order valence-corrected chi connectivity index (χ4v) is 2.07. The molecule has 0 bridgehead atoms. The molecule has 0 saturated carbocycles. The maximum atomic E-state index is 5.77. The Bertz CT molecular complexity index is 393. The topological polar surface area (TPSA) is 50.9 Å². The molecule has 0 amide bonds. The molecule has 1 aliphatic rings. The van der Waals surface area contributed by atoms with Gasteiger partial charge in [-0.2, -0.15) is 0 Å². The van der Waals surface area contributed by atoms with Crippen LogP contribution < -0.4 is 11.1 Å². The van der Waals surface area contributed by atoms with Gasteiger partial charge in [-0.05, 0) is 41.3 Å². The second kappa shape index (κ2) is 4.23. The van der Waals surface area contributed by atoms with E-state index in [1.54, 1.807) is 6.20 Å². The molecule has 0 radical (unpaired) electrons. The second-order valence-corrected chi connectivity index (χ2v) is 4.58. The van der Waals surface area contributed by atoms with Crippen LogP contribution in [-0.4, -0.2) is 11.0 Å². The minimum absolute atomic E-state index is 0.469. The second-order valence-electron chi connectivity index (χ2n) is 3.79. The summed E-state index contributed by atoms with van der Waals surface area (Å²) in [6, 6.07) is 0.469.